The van der Waals surface area contributed by atoms with Crippen molar-refractivity contribution in [1.29, 1.82) is 0 Å². The van der Waals surface area contributed by atoms with E-state index in [0.717, 1.165) is 6.08 Å². The molecule has 0 aromatic heterocycles. The average molecular weight is 100 g/mol. The van der Waals surface area contributed by atoms with Crippen molar-refractivity contribution in [2.75, 3.05) is 0 Å². The summed E-state index contributed by atoms with van der Waals surface area (Å²) >= 11 is 0. The first kappa shape index (κ1) is 6.01. The van der Waals surface area contributed by atoms with Crippen molar-refractivity contribution < 1.29 is 9.90 Å². The Kier molecular flexibility index (Phi) is 1.91. The van der Waals surface area contributed by atoms with E-state index in [0.29, 0.717) is 0 Å². The molecule has 0 radical (unpaired) electrons. The van der Waals surface area contributed by atoms with Crippen LogP contribution in [0.2, 0.25) is 0 Å². The Hall–Kier alpha value is -0.990. The Morgan fingerprint density at radius 2 is 2.29 bits per heavy atom. The van der Waals surface area contributed by atoms with Crippen molar-refractivity contribution in [2.24, 2.45) is 5.73 Å². The molecule has 0 fully saturated rings. The van der Waals surface area contributed by atoms with Gasteiger partial charge in [-0.2, -0.15) is 0 Å². The lowest BCUT2D eigenvalue weighted by molar-refractivity contribution is -0.297. The van der Waals surface area contributed by atoms with Gasteiger partial charge in [-0.3, -0.25) is 0 Å². The molecule has 0 heterocycles. The van der Waals surface area contributed by atoms with Crippen molar-refractivity contribution >= 4 is 5.97 Å². The molecule has 3 nitrogen and oxygen atoms in total. The summed E-state index contributed by atoms with van der Waals surface area (Å²) in [6.07, 6.45) is 0.833. The number of rotatable bonds is 1. The highest BCUT2D eigenvalue weighted by Crippen LogP contribution is 1.73. The first-order valence-corrected chi connectivity index (χ1v) is 1.77. The van der Waals surface area contributed by atoms with Crippen molar-refractivity contribution in [1.82, 2.24) is 0 Å². The Labute approximate surface area is 41.4 Å². The minimum absolute atomic E-state index is 0.250. The maximum atomic E-state index is 9.54. The highest BCUT2D eigenvalue weighted by molar-refractivity contribution is 5.78. The van der Waals surface area contributed by atoms with E-state index in [1.54, 1.807) is 0 Å². The molecule has 0 aliphatic carbocycles. The van der Waals surface area contributed by atoms with Gasteiger partial charge in [0, 0.05) is 5.70 Å². The van der Waals surface area contributed by atoms with Crippen molar-refractivity contribution in [3.05, 3.63) is 11.8 Å². The second kappa shape index (κ2) is 2.23. The number of carboxylic acid groups (broad SMARTS) is 1. The minimum atomic E-state index is -1.25. The van der Waals surface area contributed by atoms with Gasteiger partial charge in [-0.05, 0) is 13.0 Å². The van der Waals surface area contributed by atoms with Crippen LogP contribution in [-0.4, -0.2) is 5.97 Å². The Morgan fingerprint density at radius 3 is 2.29 bits per heavy atom. The minimum Gasteiger partial charge on any atom is -0.545 e. The van der Waals surface area contributed by atoms with Crippen molar-refractivity contribution in [3.63, 3.8) is 0 Å². The topological polar surface area (TPSA) is 66.2 Å². The van der Waals surface area contributed by atoms with E-state index in [2.05, 4.69) is 0 Å². The molecular formula is C4H6NO2-. The molecule has 0 amide bonds. The Bertz CT molecular complexity index is 102. The van der Waals surface area contributed by atoms with Crippen LogP contribution in [0, 0.1) is 0 Å². The molecule has 2 N–H and O–H groups in total. The SMILES string of the molecule is C/C(N)=C/C(=O)[O-]. The molecule has 0 spiro atoms. The molecule has 0 aliphatic heterocycles. The van der Waals surface area contributed by atoms with Crippen molar-refractivity contribution in [3.8, 4) is 0 Å². The summed E-state index contributed by atoms with van der Waals surface area (Å²) in [4.78, 5) is 9.54. The van der Waals surface area contributed by atoms with E-state index in [4.69, 9.17) is 5.73 Å². The summed E-state index contributed by atoms with van der Waals surface area (Å²) in [5, 5.41) is 9.54. The molecule has 0 saturated carbocycles. The van der Waals surface area contributed by atoms with E-state index in [1.165, 1.54) is 6.92 Å². The highest BCUT2D eigenvalue weighted by atomic mass is 16.4. The first-order chi connectivity index (χ1) is 3.13. The van der Waals surface area contributed by atoms with Crippen LogP contribution < -0.4 is 10.8 Å². The van der Waals surface area contributed by atoms with Crippen LogP contribution in [0.4, 0.5) is 0 Å². The van der Waals surface area contributed by atoms with Crippen LogP contribution in [0.25, 0.3) is 0 Å². The summed E-state index contributed by atoms with van der Waals surface area (Å²) in [7, 11) is 0. The Morgan fingerprint density at radius 1 is 1.86 bits per heavy atom. The van der Waals surface area contributed by atoms with E-state index < -0.39 is 5.97 Å². The predicted molar refractivity (Wildman–Crippen MR) is 23.0 cm³/mol. The van der Waals surface area contributed by atoms with Gasteiger partial charge in [-0.1, -0.05) is 0 Å². The number of nitrogens with two attached hydrogens (primary N) is 1. The summed E-state index contributed by atoms with van der Waals surface area (Å²) in [5.41, 5.74) is 5.18. The van der Waals surface area contributed by atoms with E-state index in [9.17, 15) is 9.90 Å². The zero-order valence-electron chi connectivity index (χ0n) is 3.97. The van der Waals surface area contributed by atoms with Crippen LogP contribution in [0.1, 0.15) is 6.92 Å². The van der Waals surface area contributed by atoms with Crippen LogP contribution >= 0.6 is 0 Å². The summed E-state index contributed by atoms with van der Waals surface area (Å²) in [5.74, 6) is -1.25. The molecule has 7 heavy (non-hydrogen) atoms. The zero-order chi connectivity index (χ0) is 5.86. The molecule has 0 atom stereocenters. The number of carbonyl (C=O) groups is 1. The van der Waals surface area contributed by atoms with E-state index in [-0.39, 0.29) is 5.70 Å². The van der Waals surface area contributed by atoms with Gasteiger partial charge in [0.25, 0.3) is 0 Å². The highest BCUT2D eigenvalue weighted by Gasteiger charge is 1.73. The quantitative estimate of drug-likeness (QED) is 0.412. The first-order valence-electron chi connectivity index (χ1n) is 1.77. The van der Waals surface area contributed by atoms with Gasteiger partial charge in [-0.15, -0.1) is 0 Å². The van der Waals surface area contributed by atoms with Gasteiger partial charge in [0.05, 0.1) is 5.97 Å². The third-order valence-electron chi connectivity index (χ3n) is 0.346. The lowest BCUT2D eigenvalue weighted by Crippen LogP contribution is -2.20. The molecule has 40 valence electrons. The van der Waals surface area contributed by atoms with Crippen LogP contribution in [0.15, 0.2) is 11.8 Å². The largest absolute Gasteiger partial charge is 0.545 e. The molecule has 0 bridgehead atoms. The van der Waals surface area contributed by atoms with Gasteiger partial charge in [0.1, 0.15) is 0 Å². The Balaban J connectivity index is 3.68. The zero-order valence-corrected chi connectivity index (χ0v) is 3.97. The van der Waals surface area contributed by atoms with Gasteiger partial charge in [0.15, 0.2) is 0 Å². The normalized spacial score (nSPS) is 11.3. The lowest BCUT2D eigenvalue weighted by atomic mass is 10.5. The van der Waals surface area contributed by atoms with Gasteiger partial charge < -0.3 is 15.6 Å². The van der Waals surface area contributed by atoms with Crippen LogP contribution in [-0.2, 0) is 4.79 Å². The fourth-order valence-corrected chi connectivity index (χ4v) is 0.186. The summed E-state index contributed by atoms with van der Waals surface area (Å²) in [6, 6.07) is 0. The second-order valence-corrected chi connectivity index (χ2v) is 1.21. The molecule has 0 aromatic carbocycles. The summed E-state index contributed by atoms with van der Waals surface area (Å²) in [6.45, 7) is 1.48. The fraction of sp³-hybridized carbons (Fsp3) is 0.250. The predicted octanol–water partition coefficient (Wildman–Crippen LogP) is -1.40. The average Bonchev–Trinajstić information content (AvgIpc) is 1.27. The molecule has 3 heteroatoms. The molecule has 0 aromatic rings. The number of hydrogen-bond donors (Lipinski definition) is 1. The van der Waals surface area contributed by atoms with E-state index >= 15 is 0 Å². The second-order valence-electron chi connectivity index (χ2n) is 1.21. The molecule has 0 saturated heterocycles. The van der Waals surface area contributed by atoms with E-state index in [1.807, 2.05) is 0 Å². The fourth-order valence-electron chi connectivity index (χ4n) is 0.186. The molecular weight excluding hydrogens is 94.0 g/mol. The number of hydrogen-bond acceptors (Lipinski definition) is 3. The molecule has 0 aliphatic rings. The van der Waals surface area contributed by atoms with Crippen molar-refractivity contribution in [2.45, 2.75) is 6.92 Å². The number of carbonyl (C=O) groups excluding carboxylic acids is 1. The number of allylic oxidation sites excluding steroid dienone is 1. The lowest BCUT2D eigenvalue weighted by Gasteiger charge is -1.90. The van der Waals surface area contributed by atoms with Crippen LogP contribution in [0.5, 0.6) is 0 Å². The van der Waals surface area contributed by atoms with Crippen LogP contribution in [0.3, 0.4) is 0 Å². The van der Waals surface area contributed by atoms with Gasteiger partial charge in [-0.25, -0.2) is 0 Å². The standard InChI is InChI=1S/C4H7NO2/c1-3(5)2-4(6)7/h2H,5H2,1H3,(H,6,7)/p-1/b3-2-. The number of carboxylic acids is 1. The van der Waals surface area contributed by atoms with Gasteiger partial charge >= 0.3 is 0 Å². The third-order valence-corrected chi connectivity index (χ3v) is 0.346. The summed E-state index contributed by atoms with van der Waals surface area (Å²) < 4.78 is 0. The molecule has 0 unspecified atom stereocenters. The third kappa shape index (κ3) is 5.01. The number of aliphatic carboxylic acids is 1. The smallest absolute Gasteiger partial charge is 0.0659 e. The maximum Gasteiger partial charge on any atom is 0.0659 e. The molecule has 0 rings (SSSR count). The maximum absolute atomic E-state index is 9.54. The van der Waals surface area contributed by atoms with Gasteiger partial charge in [0.2, 0.25) is 0 Å². The monoisotopic (exact) mass is 100 g/mol.